The highest BCUT2D eigenvalue weighted by Crippen LogP contribution is 2.16. The van der Waals surface area contributed by atoms with Crippen molar-refractivity contribution in [3.05, 3.63) is 18.3 Å². The number of carbonyl (C=O) groups excluding carboxylic acids is 2. The average molecular weight is 322 g/mol. The molecule has 20 heavy (non-hydrogen) atoms. The number of alkyl halides is 2. The summed E-state index contributed by atoms with van der Waals surface area (Å²) in [7, 11) is 0. The fourth-order valence-electron chi connectivity index (χ4n) is 1.22. The average Bonchev–Trinajstić information content (AvgIpc) is 2.50. The van der Waals surface area contributed by atoms with Crippen molar-refractivity contribution in [2.45, 2.75) is 0 Å². The Hall–Kier alpha value is -1.41. The van der Waals surface area contributed by atoms with Gasteiger partial charge in [0.15, 0.2) is 5.82 Å². The molecule has 7 nitrogen and oxygen atoms in total. The molecule has 1 aromatic rings. The first kappa shape index (κ1) is 16.6. The molecule has 0 N–H and O–H groups in total. The summed E-state index contributed by atoms with van der Waals surface area (Å²) in [6.45, 7) is 0.352. The first-order chi connectivity index (χ1) is 9.76. The van der Waals surface area contributed by atoms with Crippen molar-refractivity contribution in [2.75, 3.05) is 35.1 Å². The maximum absolute atomic E-state index is 10.9. The van der Waals surface area contributed by atoms with Crippen LogP contribution in [0.15, 0.2) is 18.3 Å². The van der Waals surface area contributed by atoms with Gasteiger partial charge in [0.2, 0.25) is 12.8 Å². The lowest BCUT2D eigenvalue weighted by atomic mass is 10.4. The van der Waals surface area contributed by atoms with Crippen LogP contribution in [-0.4, -0.2) is 42.8 Å². The lowest BCUT2D eigenvalue weighted by Gasteiger charge is -2.18. The van der Waals surface area contributed by atoms with Crippen molar-refractivity contribution in [3.63, 3.8) is 0 Å². The molecule has 1 rings (SSSR count). The molecule has 1 heterocycles. The number of carbonyl (C=O) groups is 2. The van der Waals surface area contributed by atoms with Crippen LogP contribution in [0.25, 0.3) is 0 Å². The number of aromatic nitrogens is 1. The zero-order valence-corrected chi connectivity index (χ0v) is 12.0. The summed E-state index contributed by atoms with van der Waals surface area (Å²) in [4.78, 5) is 35.8. The van der Waals surface area contributed by atoms with E-state index in [9.17, 15) is 9.59 Å². The van der Waals surface area contributed by atoms with E-state index in [1.165, 1.54) is 12.3 Å². The van der Waals surface area contributed by atoms with Crippen LogP contribution in [0.5, 0.6) is 0 Å². The molecule has 0 aromatic carbocycles. The third kappa shape index (κ3) is 4.93. The number of rotatable bonds is 10. The van der Waals surface area contributed by atoms with Crippen LogP contribution in [0.4, 0.5) is 11.5 Å². The van der Waals surface area contributed by atoms with Crippen LogP contribution in [0.3, 0.4) is 0 Å². The molecule has 0 aliphatic heterocycles. The number of anilines is 2. The summed E-state index contributed by atoms with van der Waals surface area (Å²) in [6, 6.07) is 3.05. The summed E-state index contributed by atoms with van der Waals surface area (Å²) in [5.74, 6) is 0.756. The maximum atomic E-state index is 10.9. The van der Waals surface area contributed by atoms with Crippen LogP contribution < -0.4 is 10.1 Å². The van der Waals surface area contributed by atoms with Crippen molar-refractivity contribution in [1.82, 2.24) is 4.98 Å². The second-order valence-electron chi connectivity index (χ2n) is 3.28. The Kier molecular flexibility index (Phi) is 7.89. The molecule has 0 unspecified atom stereocenters. The highest BCUT2D eigenvalue weighted by Gasteiger charge is 2.10. The van der Waals surface area contributed by atoms with E-state index in [0.717, 1.165) is 10.1 Å². The van der Waals surface area contributed by atoms with Gasteiger partial charge < -0.3 is 0 Å². The first-order valence-electron chi connectivity index (χ1n) is 5.59. The summed E-state index contributed by atoms with van der Waals surface area (Å²) >= 11 is 10.9. The van der Waals surface area contributed by atoms with E-state index >= 15 is 0 Å². The molecule has 9 heteroatoms. The predicted octanol–water partition coefficient (Wildman–Crippen LogP) is 1.35. The van der Waals surface area contributed by atoms with Gasteiger partial charge >= 0.3 is 0 Å². The van der Waals surface area contributed by atoms with Gasteiger partial charge in [0.05, 0.1) is 25.1 Å². The summed E-state index contributed by atoms with van der Waals surface area (Å²) in [5, 5.41) is 1.93. The Balaban J connectivity index is 2.75. The highest BCUT2D eigenvalue weighted by molar-refractivity contribution is 6.18. The number of hydrogen-bond donors (Lipinski definition) is 0. The van der Waals surface area contributed by atoms with Gasteiger partial charge in [-0.25, -0.2) is 4.98 Å². The summed E-state index contributed by atoms with van der Waals surface area (Å²) in [6.07, 6.45) is 2.32. The Morgan fingerprint density at radius 3 is 2.10 bits per heavy atom. The summed E-state index contributed by atoms with van der Waals surface area (Å²) < 4.78 is 0. The van der Waals surface area contributed by atoms with E-state index in [0.29, 0.717) is 18.5 Å². The predicted molar refractivity (Wildman–Crippen MR) is 74.7 cm³/mol. The van der Waals surface area contributed by atoms with E-state index in [4.69, 9.17) is 32.9 Å². The van der Waals surface area contributed by atoms with Crippen LogP contribution >= 0.6 is 23.2 Å². The summed E-state index contributed by atoms with van der Waals surface area (Å²) in [5.41, 5.74) is 0.400. The zero-order valence-electron chi connectivity index (χ0n) is 10.4. The smallest absolute Gasteiger partial charge is 0.239 e. The zero-order chi connectivity index (χ0) is 14.8. The molecule has 0 saturated carbocycles. The number of hydroxylamine groups is 2. The Bertz CT molecular complexity index is 380. The Morgan fingerprint density at radius 1 is 1.05 bits per heavy atom. The Labute approximate surface area is 125 Å². The second-order valence-corrected chi connectivity index (χ2v) is 4.04. The molecular formula is C11H13Cl2N3O4. The van der Waals surface area contributed by atoms with Gasteiger partial charge in [-0.05, 0) is 12.1 Å². The molecule has 0 radical (unpaired) electrons. The van der Waals surface area contributed by atoms with Crippen molar-refractivity contribution in [1.29, 1.82) is 0 Å². The van der Waals surface area contributed by atoms with Gasteiger partial charge in [-0.2, -0.15) is 10.1 Å². The lowest BCUT2D eigenvalue weighted by Crippen LogP contribution is -2.25. The normalized spacial score (nSPS) is 10.1. The fourth-order valence-corrected chi connectivity index (χ4v) is 1.36. The van der Waals surface area contributed by atoms with Crippen LogP contribution in [-0.2, 0) is 19.3 Å². The first-order valence-corrected chi connectivity index (χ1v) is 6.66. The Morgan fingerprint density at radius 2 is 1.65 bits per heavy atom. The minimum absolute atomic E-state index is 0.170. The van der Waals surface area contributed by atoms with Crippen molar-refractivity contribution in [2.24, 2.45) is 0 Å². The minimum Gasteiger partial charge on any atom is -0.276 e. The molecule has 1 aromatic heterocycles. The number of pyridine rings is 1. The largest absolute Gasteiger partial charge is 0.276 e. The van der Waals surface area contributed by atoms with Gasteiger partial charge in [-0.1, -0.05) is 0 Å². The van der Waals surface area contributed by atoms with Crippen molar-refractivity contribution in [3.8, 4) is 0 Å². The lowest BCUT2D eigenvalue weighted by molar-refractivity contribution is -0.114. The fraction of sp³-hybridized carbons (Fsp3) is 0.364. The van der Waals surface area contributed by atoms with E-state index in [-0.39, 0.29) is 30.8 Å². The SMILES string of the molecule is O=CN(OCCCl)c1ccc(N(C=O)OCCCl)nc1. The van der Waals surface area contributed by atoms with Gasteiger partial charge in [-0.15, -0.1) is 23.2 Å². The molecule has 110 valence electrons. The van der Waals surface area contributed by atoms with Gasteiger partial charge in [0.25, 0.3) is 0 Å². The molecule has 0 fully saturated rings. The number of hydrogen-bond acceptors (Lipinski definition) is 5. The molecule has 0 aliphatic carbocycles. The van der Waals surface area contributed by atoms with E-state index < -0.39 is 0 Å². The topological polar surface area (TPSA) is 72.0 Å². The molecule has 0 atom stereocenters. The number of nitrogens with zero attached hydrogens (tertiary/aromatic N) is 3. The third-order valence-electron chi connectivity index (χ3n) is 2.02. The minimum atomic E-state index is 0.170. The van der Waals surface area contributed by atoms with Gasteiger partial charge in [0.1, 0.15) is 0 Å². The van der Waals surface area contributed by atoms with Gasteiger partial charge in [0, 0.05) is 11.8 Å². The van der Waals surface area contributed by atoms with Crippen molar-refractivity contribution < 1.29 is 19.3 Å². The molecule has 0 aliphatic rings. The third-order valence-corrected chi connectivity index (χ3v) is 2.33. The monoisotopic (exact) mass is 321 g/mol. The highest BCUT2D eigenvalue weighted by atomic mass is 35.5. The van der Waals surface area contributed by atoms with E-state index in [2.05, 4.69) is 4.98 Å². The number of halogens is 2. The molecule has 0 spiro atoms. The van der Waals surface area contributed by atoms with Crippen LogP contribution in [0.2, 0.25) is 0 Å². The molecular weight excluding hydrogens is 309 g/mol. The van der Waals surface area contributed by atoms with Crippen LogP contribution in [0, 0.1) is 0 Å². The van der Waals surface area contributed by atoms with Crippen LogP contribution in [0.1, 0.15) is 0 Å². The maximum Gasteiger partial charge on any atom is 0.239 e. The standard InChI is InChI=1S/C11H13Cl2N3O4/c12-3-5-19-15(8-17)10-1-2-11(14-7-10)16(9-18)20-6-4-13/h1-2,7-9H,3-6H2. The van der Waals surface area contributed by atoms with E-state index in [1.54, 1.807) is 6.07 Å². The second kappa shape index (κ2) is 9.49. The molecule has 2 amide bonds. The van der Waals surface area contributed by atoms with E-state index in [1.807, 2.05) is 0 Å². The van der Waals surface area contributed by atoms with Gasteiger partial charge in [-0.3, -0.25) is 19.3 Å². The van der Waals surface area contributed by atoms with Crippen molar-refractivity contribution >= 4 is 47.5 Å². The molecule has 0 saturated heterocycles. The quantitative estimate of drug-likeness (QED) is 0.369. The number of amides is 2. The molecule has 0 bridgehead atoms.